The van der Waals surface area contributed by atoms with Gasteiger partial charge in [0.2, 0.25) is 0 Å². The molecule has 4 rings (SSSR count). The van der Waals surface area contributed by atoms with Gasteiger partial charge in [0.15, 0.2) is 5.82 Å². The van der Waals surface area contributed by atoms with Gasteiger partial charge in [0.1, 0.15) is 11.5 Å². The van der Waals surface area contributed by atoms with E-state index in [1.54, 1.807) is 24.3 Å². The van der Waals surface area contributed by atoms with E-state index in [1.807, 2.05) is 0 Å². The Kier molecular flexibility index (Phi) is 4.72. The van der Waals surface area contributed by atoms with E-state index in [-0.39, 0.29) is 18.9 Å². The zero-order valence-corrected chi connectivity index (χ0v) is 15.6. The molecule has 11 heteroatoms. The summed E-state index contributed by atoms with van der Waals surface area (Å²) in [6.45, 7) is -0.0793. The molecule has 1 aliphatic rings. The summed E-state index contributed by atoms with van der Waals surface area (Å²) in [4.78, 5) is 30.6. The molecular formula is C19H15F3N4O4. The second kappa shape index (κ2) is 7.25. The van der Waals surface area contributed by atoms with E-state index in [0.29, 0.717) is 17.0 Å². The number of benzene rings is 2. The van der Waals surface area contributed by atoms with Crippen molar-refractivity contribution in [2.45, 2.75) is 19.5 Å². The zero-order chi connectivity index (χ0) is 21.5. The molecule has 0 aliphatic carbocycles. The molecule has 2 aromatic carbocycles. The van der Waals surface area contributed by atoms with Crippen LogP contribution < -0.4 is 20.1 Å². The summed E-state index contributed by atoms with van der Waals surface area (Å²) in [5.74, 6) is 0.373. The minimum Gasteiger partial charge on any atom is -0.497 e. The molecule has 0 N–H and O–H groups in total. The fraction of sp³-hybridized carbons (Fsp3) is 0.211. The van der Waals surface area contributed by atoms with Crippen molar-refractivity contribution in [2.75, 3.05) is 12.0 Å². The van der Waals surface area contributed by atoms with Crippen molar-refractivity contribution in [1.29, 1.82) is 0 Å². The van der Waals surface area contributed by atoms with Crippen molar-refractivity contribution in [1.82, 2.24) is 14.3 Å². The number of carbonyl (C=O) groups excluding carboxylic acids is 1. The molecule has 3 aromatic rings. The summed E-state index contributed by atoms with van der Waals surface area (Å²) in [6.07, 6.45) is -4.83. The van der Waals surface area contributed by atoms with E-state index in [0.717, 1.165) is 21.5 Å². The summed E-state index contributed by atoms with van der Waals surface area (Å²) in [7, 11) is 1.50. The number of rotatable bonds is 5. The number of hydrogen-bond acceptors (Lipinski definition) is 5. The van der Waals surface area contributed by atoms with Crippen LogP contribution in [-0.2, 0) is 13.1 Å². The smallest absolute Gasteiger partial charge is 0.497 e. The van der Waals surface area contributed by atoms with Crippen molar-refractivity contribution < 1.29 is 27.4 Å². The standard InChI is InChI=1S/C19H15F3N4O4/c1-29-14-6-3-5-13(9-14)24-11-16-23-17(27)25(26(16)18(24)28)10-12-4-2-7-15(8-12)30-19(20,21)22/h2-9H,10-11H2,1H3. The summed E-state index contributed by atoms with van der Waals surface area (Å²) in [5, 5.41) is 0. The summed E-state index contributed by atoms with van der Waals surface area (Å²) in [6, 6.07) is 11.5. The fourth-order valence-corrected chi connectivity index (χ4v) is 3.21. The number of alkyl halides is 3. The second-order valence-electron chi connectivity index (χ2n) is 6.45. The first-order valence-electron chi connectivity index (χ1n) is 8.74. The van der Waals surface area contributed by atoms with Gasteiger partial charge in [-0.3, -0.25) is 4.90 Å². The Bertz CT molecular complexity index is 1170. The molecule has 0 spiro atoms. The minimum atomic E-state index is -4.83. The molecule has 8 nitrogen and oxygen atoms in total. The second-order valence-corrected chi connectivity index (χ2v) is 6.45. The average Bonchev–Trinajstić information content (AvgIpc) is 3.16. The Hall–Kier alpha value is -3.76. The van der Waals surface area contributed by atoms with Crippen LogP contribution in [0.5, 0.6) is 11.5 Å². The van der Waals surface area contributed by atoms with Gasteiger partial charge in [0.25, 0.3) is 0 Å². The highest BCUT2D eigenvalue weighted by atomic mass is 19.4. The van der Waals surface area contributed by atoms with E-state index < -0.39 is 23.8 Å². The van der Waals surface area contributed by atoms with E-state index in [1.165, 1.54) is 24.1 Å². The van der Waals surface area contributed by atoms with Crippen LogP contribution in [0.15, 0.2) is 53.3 Å². The number of fused-ring (bicyclic) bond motifs is 1. The van der Waals surface area contributed by atoms with Crippen molar-refractivity contribution in [2.24, 2.45) is 0 Å². The maximum absolute atomic E-state index is 13.0. The molecule has 156 valence electrons. The Morgan fingerprint density at radius 1 is 1.07 bits per heavy atom. The van der Waals surface area contributed by atoms with Gasteiger partial charge in [-0.05, 0) is 29.8 Å². The summed E-state index contributed by atoms with van der Waals surface area (Å²) < 4.78 is 48.6. The highest BCUT2D eigenvalue weighted by Crippen LogP contribution is 2.27. The molecule has 0 bridgehead atoms. The van der Waals surface area contributed by atoms with E-state index >= 15 is 0 Å². The molecule has 0 radical (unpaired) electrons. The van der Waals surface area contributed by atoms with Crippen LogP contribution >= 0.6 is 0 Å². The van der Waals surface area contributed by atoms with Gasteiger partial charge in [-0.25, -0.2) is 14.3 Å². The molecule has 1 amide bonds. The van der Waals surface area contributed by atoms with Gasteiger partial charge < -0.3 is 9.47 Å². The molecule has 1 aromatic heterocycles. The van der Waals surface area contributed by atoms with Gasteiger partial charge in [-0.15, -0.1) is 13.2 Å². The van der Waals surface area contributed by atoms with E-state index in [4.69, 9.17) is 4.74 Å². The molecule has 2 heterocycles. The van der Waals surface area contributed by atoms with Crippen LogP contribution in [0.25, 0.3) is 0 Å². The lowest BCUT2D eigenvalue weighted by atomic mass is 10.2. The van der Waals surface area contributed by atoms with Crippen LogP contribution in [0.1, 0.15) is 11.4 Å². The summed E-state index contributed by atoms with van der Waals surface area (Å²) in [5.41, 5.74) is 0.226. The van der Waals surface area contributed by atoms with E-state index in [9.17, 15) is 22.8 Å². The van der Waals surface area contributed by atoms with E-state index in [2.05, 4.69) is 9.72 Å². The first kappa shape index (κ1) is 19.6. The van der Waals surface area contributed by atoms with Gasteiger partial charge in [0, 0.05) is 11.8 Å². The minimum absolute atomic E-state index is 0.0749. The predicted octanol–water partition coefficient (Wildman–Crippen LogP) is 2.99. The monoisotopic (exact) mass is 420 g/mol. The highest BCUT2D eigenvalue weighted by molar-refractivity contribution is 5.95. The number of halogens is 3. The Morgan fingerprint density at radius 3 is 2.53 bits per heavy atom. The number of hydrogen-bond donors (Lipinski definition) is 0. The molecule has 0 unspecified atom stereocenters. The Morgan fingerprint density at radius 2 is 1.80 bits per heavy atom. The maximum Gasteiger partial charge on any atom is 0.573 e. The molecule has 0 fully saturated rings. The molecule has 30 heavy (non-hydrogen) atoms. The first-order valence-corrected chi connectivity index (χ1v) is 8.74. The fourth-order valence-electron chi connectivity index (χ4n) is 3.21. The van der Waals surface area contributed by atoms with Crippen molar-refractivity contribution in [3.63, 3.8) is 0 Å². The number of ether oxygens (including phenoxy) is 2. The van der Waals surface area contributed by atoms with Gasteiger partial charge in [-0.1, -0.05) is 18.2 Å². The lowest BCUT2D eigenvalue weighted by Gasteiger charge is -2.16. The molecule has 0 saturated carbocycles. The third-order valence-corrected chi connectivity index (χ3v) is 4.47. The van der Waals surface area contributed by atoms with Crippen molar-refractivity contribution >= 4 is 11.7 Å². The van der Waals surface area contributed by atoms with Gasteiger partial charge in [-0.2, -0.15) is 9.67 Å². The SMILES string of the molecule is COc1cccc(N2Cc3nc(=O)n(Cc4cccc(OC(F)(F)F)c4)n3C2=O)c1. The quantitative estimate of drug-likeness (QED) is 0.634. The summed E-state index contributed by atoms with van der Waals surface area (Å²) >= 11 is 0. The molecule has 0 saturated heterocycles. The predicted molar refractivity (Wildman–Crippen MR) is 98.7 cm³/mol. The van der Waals surface area contributed by atoms with Crippen LogP contribution in [0.3, 0.4) is 0 Å². The van der Waals surface area contributed by atoms with Crippen LogP contribution in [0.4, 0.5) is 23.7 Å². The average molecular weight is 420 g/mol. The zero-order valence-electron chi connectivity index (χ0n) is 15.6. The number of nitrogens with zero attached hydrogens (tertiary/aromatic N) is 4. The molecular weight excluding hydrogens is 405 g/mol. The number of aromatic nitrogens is 3. The van der Waals surface area contributed by atoms with Crippen molar-refractivity contribution in [3.05, 3.63) is 70.4 Å². The van der Waals surface area contributed by atoms with Gasteiger partial charge >= 0.3 is 18.1 Å². The lowest BCUT2D eigenvalue weighted by molar-refractivity contribution is -0.274. The largest absolute Gasteiger partial charge is 0.573 e. The molecule has 1 aliphatic heterocycles. The number of methoxy groups -OCH3 is 1. The third-order valence-electron chi connectivity index (χ3n) is 4.47. The number of amides is 1. The highest BCUT2D eigenvalue weighted by Gasteiger charge is 2.34. The van der Waals surface area contributed by atoms with Crippen molar-refractivity contribution in [3.8, 4) is 11.5 Å². The lowest BCUT2D eigenvalue weighted by Crippen LogP contribution is -2.34. The topological polar surface area (TPSA) is 78.6 Å². The maximum atomic E-state index is 13.0. The first-order chi connectivity index (χ1) is 14.2. The Balaban J connectivity index is 1.63. The Labute approximate surface area is 167 Å². The number of carbonyl (C=O) groups is 1. The number of anilines is 1. The van der Waals surface area contributed by atoms with Crippen LogP contribution in [-0.4, -0.2) is 33.9 Å². The molecule has 0 atom stereocenters. The normalized spacial score (nSPS) is 13.5. The van der Waals surface area contributed by atoms with Crippen LogP contribution in [0, 0.1) is 0 Å². The van der Waals surface area contributed by atoms with Gasteiger partial charge in [0.05, 0.1) is 20.2 Å². The third kappa shape index (κ3) is 3.73. The van der Waals surface area contributed by atoms with Crippen LogP contribution in [0.2, 0.25) is 0 Å².